The van der Waals surface area contributed by atoms with Gasteiger partial charge in [0.15, 0.2) is 0 Å². The van der Waals surface area contributed by atoms with Gasteiger partial charge in [0.1, 0.15) is 0 Å². The van der Waals surface area contributed by atoms with Crippen molar-refractivity contribution in [1.82, 2.24) is 14.1 Å². The number of rotatable bonds is 2. The van der Waals surface area contributed by atoms with E-state index in [1.807, 2.05) is 30.5 Å². The summed E-state index contributed by atoms with van der Waals surface area (Å²) in [4.78, 5) is 16.4. The van der Waals surface area contributed by atoms with Gasteiger partial charge < -0.3 is 0 Å². The van der Waals surface area contributed by atoms with E-state index in [0.717, 1.165) is 28.7 Å². The normalized spacial score (nSPS) is 11.2. The molecule has 3 aromatic rings. The van der Waals surface area contributed by atoms with Gasteiger partial charge in [0.25, 0.3) is 0 Å². The lowest BCUT2D eigenvalue weighted by Gasteiger charge is -2.04. The van der Waals surface area contributed by atoms with E-state index >= 15 is 0 Å². The second-order valence-electron chi connectivity index (χ2n) is 5.01. The third-order valence-corrected chi connectivity index (χ3v) is 3.80. The van der Waals surface area contributed by atoms with E-state index in [9.17, 15) is 4.79 Å². The van der Waals surface area contributed by atoms with Crippen LogP contribution in [-0.2, 0) is 20.5 Å². The number of benzene rings is 1. The average molecular weight is 267 g/mol. The zero-order valence-corrected chi connectivity index (χ0v) is 11.9. The predicted octanol–water partition coefficient (Wildman–Crippen LogP) is 2.50. The zero-order valence-electron chi connectivity index (χ0n) is 11.9. The van der Waals surface area contributed by atoms with Gasteiger partial charge in [0.05, 0.1) is 16.7 Å². The van der Waals surface area contributed by atoms with Crippen molar-refractivity contribution in [3.05, 3.63) is 52.6 Å². The standard InChI is InChI=1S/C16H17N3O/c1-4-11-7-8-17-13(9-11)12-5-6-14-15(10-12)19(3)16(20)18(14)2/h5-10H,4H2,1-3H3. The van der Waals surface area contributed by atoms with Crippen LogP contribution in [0.5, 0.6) is 0 Å². The van der Waals surface area contributed by atoms with Crippen LogP contribution in [0.2, 0.25) is 0 Å². The Bertz CT molecular complexity index is 843. The summed E-state index contributed by atoms with van der Waals surface area (Å²) in [5.41, 5.74) is 5.10. The smallest absolute Gasteiger partial charge is 0.295 e. The molecule has 2 aromatic heterocycles. The molecule has 0 aliphatic heterocycles. The van der Waals surface area contributed by atoms with E-state index in [4.69, 9.17) is 0 Å². The molecule has 102 valence electrons. The molecule has 0 saturated heterocycles. The number of fused-ring (bicyclic) bond motifs is 1. The Hall–Kier alpha value is -2.36. The van der Waals surface area contributed by atoms with Crippen molar-refractivity contribution in [2.45, 2.75) is 13.3 Å². The Kier molecular flexibility index (Phi) is 2.93. The highest BCUT2D eigenvalue weighted by molar-refractivity contribution is 5.81. The molecule has 0 N–H and O–H groups in total. The van der Waals surface area contributed by atoms with Crippen LogP contribution in [-0.4, -0.2) is 14.1 Å². The summed E-state index contributed by atoms with van der Waals surface area (Å²) >= 11 is 0. The molecule has 20 heavy (non-hydrogen) atoms. The molecule has 4 heteroatoms. The number of nitrogens with zero attached hydrogens (tertiary/aromatic N) is 3. The van der Waals surface area contributed by atoms with Gasteiger partial charge in [-0.15, -0.1) is 0 Å². The molecule has 0 aliphatic carbocycles. The number of imidazole rings is 1. The molecule has 0 saturated carbocycles. The Labute approximate surface area is 117 Å². The summed E-state index contributed by atoms with van der Waals surface area (Å²) in [5.74, 6) is 0. The van der Waals surface area contributed by atoms with Crippen LogP contribution in [0.4, 0.5) is 0 Å². The number of pyridine rings is 1. The predicted molar refractivity (Wildman–Crippen MR) is 80.8 cm³/mol. The van der Waals surface area contributed by atoms with E-state index in [1.54, 1.807) is 23.2 Å². The maximum absolute atomic E-state index is 11.9. The molecule has 0 amide bonds. The van der Waals surface area contributed by atoms with Crippen LogP contribution in [0.15, 0.2) is 41.3 Å². The van der Waals surface area contributed by atoms with Crippen molar-refractivity contribution < 1.29 is 0 Å². The molecule has 0 aliphatic rings. The quantitative estimate of drug-likeness (QED) is 0.715. The molecule has 0 bridgehead atoms. The first kappa shape index (κ1) is 12.7. The van der Waals surface area contributed by atoms with Gasteiger partial charge in [0, 0.05) is 25.9 Å². The third kappa shape index (κ3) is 1.84. The molecule has 0 spiro atoms. The molecule has 1 aromatic carbocycles. The molecule has 0 fully saturated rings. The number of aromatic nitrogens is 3. The maximum atomic E-state index is 11.9. The van der Waals surface area contributed by atoms with Crippen LogP contribution in [0.25, 0.3) is 22.3 Å². The summed E-state index contributed by atoms with van der Waals surface area (Å²) < 4.78 is 3.33. The van der Waals surface area contributed by atoms with Gasteiger partial charge in [-0.1, -0.05) is 13.0 Å². The van der Waals surface area contributed by atoms with Gasteiger partial charge in [-0.05, 0) is 36.2 Å². The molecular weight excluding hydrogens is 250 g/mol. The van der Waals surface area contributed by atoms with E-state index in [0.29, 0.717) is 0 Å². The molecule has 4 nitrogen and oxygen atoms in total. The largest absolute Gasteiger partial charge is 0.328 e. The topological polar surface area (TPSA) is 39.8 Å². The van der Waals surface area contributed by atoms with Gasteiger partial charge >= 0.3 is 5.69 Å². The molecule has 2 heterocycles. The van der Waals surface area contributed by atoms with Crippen molar-refractivity contribution in [2.24, 2.45) is 14.1 Å². The van der Waals surface area contributed by atoms with Crippen LogP contribution in [0, 0.1) is 0 Å². The Balaban J connectivity index is 2.22. The fourth-order valence-electron chi connectivity index (χ4n) is 2.52. The highest BCUT2D eigenvalue weighted by atomic mass is 16.1. The third-order valence-electron chi connectivity index (χ3n) is 3.80. The van der Waals surface area contributed by atoms with E-state index in [-0.39, 0.29) is 5.69 Å². The molecule has 0 radical (unpaired) electrons. The second-order valence-corrected chi connectivity index (χ2v) is 5.01. The van der Waals surface area contributed by atoms with Gasteiger partial charge in [0.2, 0.25) is 0 Å². The van der Waals surface area contributed by atoms with Crippen LogP contribution in [0.3, 0.4) is 0 Å². The highest BCUT2D eigenvalue weighted by Crippen LogP contribution is 2.22. The summed E-state index contributed by atoms with van der Waals surface area (Å²) in [6.45, 7) is 2.13. The molecular formula is C16H17N3O. The summed E-state index contributed by atoms with van der Waals surface area (Å²) in [7, 11) is 3.59. The SMILES string of the molecule is CCc1ccnc(-c2ccc3c(c2)n(C)c(=O)n3C)c1. The van der Waals surface area contributed by atoms with Gasteiger partial charge in [-0.25, -0.2) is 4.79 Å². The van der Waals surface area contributed by atoms with Crippen molar-refractivity contribution >= 4 is 11.0 Å². The van der Waals surface area contributed by atoms with Crippen molar-refractivity contribution in [3.63, 3.8) is 0 Å². The second kappa shape index (κ2) is 4.63. The van der Waals surface area contributed by atoms with Crippen molar-refractivity contribution in [3.8, 4) is 11.3 Å². The fourth-order valence-corrected chi connectivity index (χ4v) is 2.52. The van der Waals surface area contributed by atoms with Crippen LogP contribution >= 0.6 is 0 Å². The fraction of sp³-hybridized carbons (Fsp3) is 0.250. The van der Waals surface area contributed by atoms with Gasteiger partial charge in [-0.2, -0.15) is 0 Å². The number of hydrogen-bond acceptors (Lipinski definition) is 2. The zero-order chi connectivity index (χ0) is 14.3. The Morgan fingerprint density at radius 2 is 1.80 bits per heavy atom. The van der Waals surface area contributed by atoms with Gasteiger partial charge in [-0.3, -0.25) is 14.1 Å². The Morgan fingerprint density at radius 3 is 2.55 bits per heavy atom. The highest BCUT2D eigenvalue weighted by Gasteiger charge is 2.09. The minimum absolute atomic E-state index is 0.00702. The minimum atomic E-state index is -0.00702. The summed E-state index contributed by atoms with van der Waals surface area (Å²) in [5, 5.41) is 0. The molecule has 0 atom stereocenters. The molecule has 0 unspecified atom stereocenters. The van der Waals surface area contributed by atoms with Crippen molar-refractivity contribution in [1.29, 1.82) is 0 Å². The lowest BCUT2D eigenvalue weighted by atomic mass is 10.1. The van der Waals surface area contributed by atoms with Crippen LogP contribution in [0.1, 0.15) is 12.5 Å². The first-order valence-electron chi connectivity index (χ1n) is 6.72. The Morgan fingerprint density at radius 1 is 1.05 bits per heavy atom. The van der Waals surface area contributed by atoms with E-state index in [1.165, 1.54) is 5.56 Å². The lowest BCUT2D eigenvalue weighted by molar-refractivity contribution is 0.795. The number of hydrogen-bond donors (Lipinski definition) is 0. The molecule has 3 rings (SSSR count). The maximum Gasteiger partial charge on any atom is 0.328 e. The van der Waals surface area contributed by atoms with Crippen molar-refractivity contribution in [2.75, 3.05) is 0 Å². The average Bonchev–Trinajstić information content (AvgIpc) is 2.72. The van der Waals surface area contributed by atoms with E-state index < -0.39 is 0 Å². The first-order valence-corrected chi connectivity index (χ1v) is 6.72. The summed E-state index contributed by atoms with van der Waals surface area (Å²) in [6, 6.07) is 10.1. The van der Waals surface area contributed by atoms with Crippen LogP contribution < -0.4 is 5.69 Å². The first-order chi connectivity index (χ1) is 9.61. The summed E-state index contributed by atoms with van der Waals surface area (Å²) in [6.07, 6.45) is 2.82. The van der Waals surface area contributed by atoms with E-state index in [2.05, 4.69) is 18.0 Å². The monoisotopic (exact) mass is 267 g/mol. The lowest BCUT2D eigenvalue weighted by Crippen LogP contribution is -2.19. The minimum Gasteiger partial charge on any atom is -0.295 e. The number of aryl methyl sites for hydroxylation is 3.